The Hall–Kier alpha value is -1.26. The Morgan fingerprint density at radius 3 is 2.89 bits per heavy atom. The van der Waals surface area contributed by atoms with Crippen LogP contribution in [0.4, 0.5) is 5.95 Å². The highest BCUT2D eigenvalue weighted by Crippen LogP contribution is 2.24. The van der Waals surface area contributed by atoms with Gasteiger partial charge in [0.2, 0.25) is 5.95 Å². The average molecular weight is 282 g/mol. The van der Waals surface area contributed by atoms with Gasteiger partial charge in [0.05, 0.1) is 17.1 Å². The molecule has 0 aliphatic rings. The molecule has 2 aromatic rings. The number of para-hydroxylation sites is 1. The number of benzene rings is 1. The maximum absolute atomic E-state index is 6.10. The van der Waals surface area contributed by atoms with Crippen LogP contribution >= 0.6 is 11.6 Å². The Bertz CT molecular complexity index is 551. The van der Waals surface area contributed by atoms with Gasteiger partial charge in [-0.15, -0.1) is 0 Å². The van der Waals surface area contributed by atoms with E-state index in [-0.39, 0.29) is 0 Å². The summed E-state index contributed by atoms with van der Waals surface area (Å²) >= 11 is 6.10. The summed E-state index contributed by atoms with van der Waals surface area (Å²) in [5.41, 5.74) is 7.63. The highest BCUT2D eigenvalue weighted by molar-refractivity contribution is 6.35. The second-order valence-electron chi connectivity index (χ2n) is 5.02. The fraction of sp³-hybridized carbons (Fsp3) is 0.500. The summed E-state index contributed by atoms with van der Waals surface area (Å²) in [6.45, 7) is 6.49. The van der Waals surface area contributed by atoms with Gasteiger partial charge in [-0.1, -0.05) is 31.5 Å². The molecule has 0 amide bonds. The maximum Gasteiger partial charge on any atom is 0.201 e. The van der Waals surface area contributed by atoms with Gasteiger partial charge in [0.1, 0.15) is 5.52 Å². The normalized spacial score (nSPS) is 11.6. The highest BCUT2D eigenvalue weighted by Gasteiger charge is 2.10. The van der Waals surface area contributed by atoms with E-state index in [1.807, 2.05) is 22.8 Å². The molecule has 0 radical (unpaired) electrons. The van der Waals surface area contributed by atoms with E-state index < -0.39 is 0 Å². The number of fused-ring (bicyclic) bond motifs is 1. The Labute approximate surface area is 118 Å². The minimum atomic E-state index is 0.482. The third-order valence-corrected chi connectivity index (χ3v) is 3.36. The van der Waals surface area contributed by atoms with Crippen molar-refractivity contribution in [3.05, 3.63) is 23.2 Å². The van der Waals surface area contributed by atoms with Gasteiger partial charge in [0, 0.05) is 13.2 Å². The van der Waals surface area contributed by atoms with E-state index in [4.69, 9.17) is 22.1 Å². The molecule has 0 saturated heterocycles. The first-order valence-electron chi connectivity index (χ1n) is 6.57. The number of anilines is 1. The molecule has 0 atom stereocenters. The van der Waals surface area contributed by atoms with Gasteiger partial charge >= 0.3 is 0 Å². The van der Waals surface area contributed by atoms with Crippen LogP contribution in [0.5, 0.6) is 0 Å². The van der Waals surface area contributed by atoms with Crippen LogP contribution in [-0.2, 0) is 11.3 Å². The Kier molecular flexibility index (Phi) is 4.66. The number of ether oxygens (including phenoxy) is 1. The quantitative estimate of drug-likeness (QED) is 0.826. The fourth-order valence-electron chi connectivity index (χ4n) is 1.94. The molecule has 0 unspecified atom stereocenters. The lowest BCUT2D eigenvalue weighted by Gasteiger charge is -2.08. The molecule has 1 heterocycles. The molecule has 0 spiro atoms. The number of hydrogen-bond donors (Lipinski definition) is 1. The van der Waals surface area contributed by atoms with Gasteiger partial charge < -0.3 is 15.0 Å². The van der Waals surface area contributed by atoms with E-state index in [0.29, 0.717) is 30.0 Å². The molecule has 1 aromatic heterocycles. The van der Waals surface area contributed by atoms with Crippen molar-refractivity contribution < 1.29 is 4.74 Å². The van der Waals surface area contributed by atoms with E-state index in [9.17, 15) is 0 Å². The lowest BCUT2D eigenvalue weighted by atomic mass is 10.1. The summed E-state index contributed by atoms with van der Waals surface area (Å²) in [5.74, 6) is 1.15. The Morgan fingerprint density at radius 1 is 1.37 bits per heavy atom. The smallest absolute Gasteiger partial charge is 0.201 e. The third-order valence-electron chi connectivity index (χ3n) is 3.06. The van der Waals surface area contributed by atoms with Crippen LogP contribution in [0.15, 0.2) is 18.2 Å². The lowest BCUT2D eigenvalue weighted by Crippen LogP contribution is -2.10. The molecule has 5 heteroatoms. The van der Waals surface area contributed by atoms with Crippen LogP contribution < -0.4 is 5.73 Å². The van der Waals surface area contributed by atoms with Crippen LogP contribution in [0.2, 0.25) is 5.02 Å². The predicted molar refractivity (Wildman–Crippen MR) is 79.4 cm³/mol. The van der Waals surface area contributed by atoms with Gasteiger partial charge in [-0.3, -0.25) is 0 Å². The second kappa shape index (κ2) is 6.26. The zero-order valence-electron chi connectivity index (χ0n) is 11.4. The lowest BCUT2D eigenvalue weighted by molar-refractivity contribution is 0.117. The van der Waals surface area contributed by atoms with Crippen molar-refractivity contribution in [2.45, 2.75) is 26.8 Å². The summed E-state index contributed by atoms with van der Waals surface area (Å²) in [6, 6.07) is 5.69. The van der Waals surface area contributed by atoms with Crippen molar-refractivity contribution in [1.29, 1.82) is 0 Å². The van der Waals surface area contributed by atoms with Crippen LogP contribution in [-0.4, -0.2) is 22.8 Å². The Balaban J connectivity index is 2.01. The molecule has 19 heavy (non-hydrogen) atoms. The van der Waals surface area contributed by atoms with E-state index in [1.54, 1.807) is 0 Å². The van der Waals surface area contributed by atoms with Crippen molar-refractivity contribution in [2.24, 2.45) is 5.92 Å². The summed E-state index contributed by atoms with van der Waals surface area (Å²) in [6.07, 6.45) is 1.08. The minimum absolute atomic E-state index is 0.482. The molecular formula is C14H20ClN3O. The molecule has 2 rings (SSSR count). The SMILES string of the molecule is CC(C)CCOCCn1c(N)nc2c(Cl)cccc21. The number of halogens is 1. The van der Waals surface area contributed by atoms with Crippen molar-refractivity contribution in [3.63, 3.8) is 0 Å². The van der Waals surface area contributed by atoms with Crippen molar-refractivity contribution >= 4 is 28.6 Å². The van der Waals surface area contributed by atoms with Crippen LogP contribution in [0.3, 0.4) is 0 Å². The molecule has 0 bridgehead atoms. The van der Waals surface area contributed by atoms with Gasteiger partial charge in [-0.2, -0.15) is 0 Å². The van der Waals surface area contributed by atoms with E-state index >= 15 is 0 Å². The number of nitrogens with zero attached hydrogens (tertiary/aromatic N) is 2. The molecule has 0 fully saturated rings. The summed E-state index contributed by atoms with van der Waals surface area (Å²) < 4.78 is 7.56. The standard InChI is InChI=1S/C14H20ClN3O/c1-10(2)6-8-19-9-7-18-12-5-3-4-11(15)13(12)17-14(18)16/h3-5,10H,6-9H2,1-2H3,(H2,16,17). The zero-order valence-corrected chi connectivity index (χ0v) is 12.2. The van der Waals surface area contributed by atoms with Crippen LogP contribution in [0.25, 0.3) is 11.0 Å². The summed E-state index contributed by atoms with van der Waals surface area (Å²) in [4.78, 5) is 4.29. The first-order valence-corrected chi connectivity index (χ1v) is 6.95. The number of nitrogen functional groups attached to an aromatic ring is 1. The number of imidazole rings is 1. The third kappa shape index (κ3) is 3.39. The van der Waals surface area contributed by atoms with Crippen LogP contribution in [0.1, 0.15) is 20.3 Å². The first kappa shape index (κ1) is 14.2. The van der Waals surface area contributed by atoms with E-state index in [0.717, 1.165) is 24.1 Å². The Morgan fingerprint density at radius 2 is 2.16 bits per heavy atom. The largest absolute Gasteiger partial charge is 0.380 e. The van der Waals surface area contributed by atoms with Gasteiger partial charge in [-0.05, 0) is 24.5 Å². The maximum atomic E-state index is 6.10. The zero-order chi connectivity index (χ0) is 13.8. The van der Waals surface area contributed by atoms with Crippen molar-refractivity contribution in [2.75, 3.05) is 18.9 Å². The number of nitrogens with two attached hydrogens (primary N) is 1. The number of aromatic nitrogens is 2. The molecule has 4 nitrogen and oxygen atoms in total. The van der Waals surface area contributed by atoms with E-state index in [2.05, 4.69) is 18.8 Å². The minimum Gasteiger partial charge on any atom is -0.380 e. The molecule has 2 N–H and O–H groups in total. The summed E-state index contributed by atoms with van der Waals surface area (Å²) in [7, 11) is 0. The van der Waals surface area contributed by atoms with Crippen molar-refractivity contribution in [3.8, 4) is 0 Å². The average Bonchev–Trinajstić information content (AvgIpc) is 2.67. The monoisotopic (exact) mass is 281 g/mol. The van der Waals surface area contributed by atoms with Gasteiger partial charge in [-0.25, -0.2) is 4.98 Å². The number of rotatable bonds is 6. The molecular weight excluding hydrogens is 262 g/mol. The second-order valence-corrected chi connectivity index (χ2v) is 5.43. The van der Waals surface area contributed by atoms with Crippen molar-refractivity contribution in [1.82, 2.24) is 9.55 Å². The van der Waals surface area contributed by atoms with Gasteiger partial charge in [0.15, 0.2) is 0 Å². The molecule has 1 aromatic carbocycles. The fourth-order valence-corrected chi connectivity index (χ4v) is 2.15. The predicted octanol–water partition coefficient (Wildman–Crippen LogP) is 3.33. The molecule has 0 aliphatic carbocycles. The van der Waals surface area contributed by atoms with Crippen LogP contribution in [0, 0.1) is 5.92 Å². The van der Waals surface area contributed by atoms with Gasteiger partial charge in [0.25, 0.3) is 0 Å². The first-order chi connectivity index (χ1) is 9.09. The summed E-state index contributed by atoms with van der Waals surface area (Å²) in [5, 5.41) is 0.628. The number of hydrogen-bond acceptors (Lipinski definition) is 3. The highest BCUT2D eigenvalue weighted by atomic mass is 35.5. The topological polar surface area (TPSA) is 53.1 Å². The molecule has 104 valence electrons. The van der Waals surface area contributed by atoms with E-state index in [1.165, 1.54) is 0 Å². The molecule has 0 aliphatic heterocycles. The molecule has 0 saturated carbocycles.